The van der Waals surface area contributed by atoms with Gasteiger partial charge in [-0.2, -0.15) is 0 Å². The molecule has 3 aromatic rings. The molecule has 0 amide bonds. The van der Waals surface area contributed by atoms with Crippen LogP contribution in [0.25, 0.3) is 0 Å². The average molecular weight is 368 g/mol. The fourth-order valence-electron chi connectivity index (χ4n) is 2.78. The molecule has 0 saturated heterocycles. The lowest BCUT2D eigenvalue weighted by Crippen LogP contribution is -2.19. The Kier molecular flexibility index (Phi) is 5.25. The second kappa shape index (κ2) is 7.77. The number of imidazole rings is 1. The molecule has 8 nitrogen and oxygen atoms in total. The first-order valence-corrected chi connectivity index (χ1v) is 8.18. The third kappa shape index (κ3) is 3.84. The molecule has 140 valence electrons. The van der Waals surface area contributed by atoms with E-state index in [1.54, 1.807) is 32.5 Å². The van der Waals surface area contributed by atoms with Crippen molar-refractivity contribution in [2.75, 3.05) is 19.5 Å². The highest BCUT2D eigenvalue weighted by Gasteiger charge is 2.23. The van der Waals surface area contributed by atoms with Gasteiger partial charge in [-0.05, 0) is 29.8 Å². The number of carbonyl (C=O) groups is 1. The minimum atomic E-state index is -1.06. The number of methoxy groups -OCH3 is 2. The maximum atomic E-state index is 11.6. The monoisotopic (exact) mass is 368 g/mol. The molecule has 0 aliphatic carbocycles. The van der Waals surface area contributed by atoms with Crippen LogP contribution >= 0.6 is 0 Å². The highest BCUT2D eigenvalue weighted by Crippen LogP contribution is 2.32. The Bertz CT molecular complexity index is 932. The number of rotatable bonds is 7. The van der Waals surface area contributed by atoms with Gasteiger partial charge in [0.25, 0.3) is 0 Å². The van der Waals surface area contributed by atoms with Gasteiger partial charge in [0.15, 0.2) is 0 Å². The molecular weight excluding hydrogens is 348 g/mol. The fraction of sp³-hybridized carbons (Fsp3) is 0.211. The summed E-state index contributed by atoms with van der Waals surface area (Å²) in [6.45, 7) is 0. The number of nitrogens with zero attached hydrogens (tertiary/aromatic N) is 3. The lowest BCUT2D eigenvalue weighted by Gasteiger charge is -2.21. The summed E-state index contributed by atoms with van der Waals surface area (Å²) in [6.07, 6.45) is 5.03. The Morgan fingerprint density at radius 1 is 1.15 bits per heavy atom. The second-order valence-electron chi connectivity index (χ2n) is 5.82. The summed E-state index contributed by atoms with van der Waals surface area (Å²) in [4.78, 5) is 20.2. The first kappa shape index (κ1) is 18.2. The lowest BCUT2D eigenvalue weighted by atomic mass is 10.0. The normalized spacial score (nSPS) is 11.7. The van der Waals surface area contributed by atoms with Gasteiger partial charge < -0.3 is 24.5 Å². The molecule has 1 unspecified atom stereocenters. The van der Waals surface area contributed by atoms with Crippen LogP contribution in [0, 0.1) is 0 Å². The molecule has 1 atom stereocenters. The molecule has 0 fully saturated rings. The fourth-order valence-corrected chi connectivity index (χ4v) is 2.78. The van der Waals surface area contributed by atoms with Crippen LogP contribution in [0.3, 0.4) is 0 Å². The number of hydrogen-bond acceptors (Lipinski definition) is 6. The Morgan fingerprint density at radius 3 is 2.41 bits per heavy atom. The molecule has 2 heterocycles. The van der Waals surface area contributed by atoms with E-state index in [-0.39, 0.29) is 11.4 Å². The van der Waals surface area contributed by atoms with Crippen LogP contribution in [0.4, 0.5) is 5.82 Å². The smallest absolute Gasteiger partial charge is 0.339 e. The van der Waals surface area contributed by atoms with Gasteiger partial charge in [0.2, 0.25) is 0 Å². The number of ether oxygens (including phenoxy) is 2. The molecule has 27 heavy (non-hydrogen) atoms. The van der Waals surface area contributed by atoms with Crippen LogP contribution in [0.1, 0.15) is 27.8 Å². The maximum absolute atomic E-state index is 11.6. The summed E-state index contributed by atoms with van der Waals surface area (Å²) in [5.41, 5.74) is 0.870. The summed E-state index contributed by atoms with van der Waals surface area (Å²) in [5.74, 6) is 1.11. The number of aromatic carboxylic acids is 1. The molecule has 0 bridgehead atoms. The van der Waals surface area contributed by atoms with Gasteiger partial charge in [-0.25, -0.2) is 14.8 Å². The van der Waals surface area contributed by atoms with Crippen molar-refractivity contribution in [1.82, 2.24) is 14.5 Å². The standard InChI is InChI=1S/C19H20N4O4/c1-23-8-7-21-18(23)16(12-9-13(26-2)11-14(10-12)27-3)22-17-15(19(24)25)5-4-6-20-17/h4-11,16H,1-3H3,(H,20,22)(H,24,25). The zero-order valence-corrected chi connectivity index (χ0v) is 15.2. The van der Waals surface area contributed by atoms with Crippen molar-refractivity contribution in [1.29, 1.82) is 0 Å². The van der Waals surface area contributed by atoms with Gasteiger partial charge in [-0.1, -0.05) is 0 Å². The van der Waals surface area contributed by atoms with Crippen LogP contribution in [0.2, 0.25) is 0 Å². The summed E-state index contributed by atoms with van der Waals surface area (Å²) in [5, 5.41) is 12.7. The van der Waals surface area contributed by atoms with Gasteiger partial charge in [-0.15, -0.1) is 0 Å². The van der Waals surface area contributed by atoms with Crippen molar-refractivity contribution in [2.24, 2.45) is 7.05 Å². The molecule has 1 aromatic carbocycles. The maximum Gasteiger partial charge on any atom is 0.339 e. The summed E-state index contributed by atoms with van der Waals surface area (Å²) < 4.78 is 12.6. The van der Waals surface area contributed by atoms with E-state index in [0.717, 1.165) is 5.56 Å². The van der Waals surface area contributed by atoms with Crippen molar-refractivity contribution >= 4 is 11.8 Å². The third-order valence-corrected chi connectivity index (χ3v) is 4.14. The van der Waals surface area contributed by atoms with Gasteiger partial charge in [0, 0.05) is 31.7 Å². The lowest BCUT2D eigenvalue weighted by molar-refractivity contribution is 0.0697. The number of anilines is 1. The molecule has 0 aliphatic rings. The molecule has 0 radical (unpaired) electrons. The first-order valence-electron chi connectivity index (χ1n) is 8.18. The first-order chi connectivity index (χ1) is 13.0. The minimum absolute atomic E-state index is 0.0755. The average Bonchev–Trinajstić information content (AvgIpc) is 3.11. The van der Waals surface area contributed by atoms with Crippen molar-refractivity contribution in [3.63, 3.8) is 0 Å². The number of carboxylic acids is 1. The van der Waals surface area contributed by atoms with E-state index < -0.39 is 12.0 Å². The highest BCUT2D eigenvalue weighted by molar-refractivity contribution is 5.93. The zero-order valence-electron chi connectivity index (χ0n) is 15.2. The molecule has 0 saturated carbocycles. The van der Waals surface area contributed by atoms with Crippen LogP contribution in [-0.2, 0) is 7.05 Å². The number of aryl methyl sites for hydroxylation is 1. The van der Waals surface area contributed by atoms with Gasteiger partial charge in [0.05, 0.1) is 14.2 Å². The van der Waals surface area contributed by atoms with Crippen LogP contribution < -0.4 is 14.8 Å². The number of benzene rings is 1. The predicted octanol–water partition coefficient (Wildman–Crippen LogP) is 2.73. The SMILES string of the molecule is COc1cc(OC)cc(C(Nc2ncccc2C(=O)O)c2nccn2C)c1. The molecule has 0 aliphatic heterocycles. The molecule has 2 aromatic heterocycles. The Hall–Kier alpha value is -3.55. The number of nitrogens with one attached hydrogen (secondary N) is 1. The molecule has 3 rings (SSSR count). The molecule has 2 N–H and O–H groups in total. The van der Waals surface area contributed by atoms with Gasteiger partial charge >= 0.3 is 5.97 Å². The van der Waals surface area contributed by atoms with Gasteiger partial charge in [-0.3, -0.25) is 0 Å². The Balaban J connectivity index is 2.12. The number of pyridine rings is 1. The van der Waals surface area contributed by atoms with E-state index in [9.17, 15) is 9.90 Å². The largest absolute Gasteiger partial charge is 0.497 e. The summed E-state index contributed by atoms with van der Waals surface area (Å²) >= 11 is 0. The van der Waals surface area contributed by atoms with Crippen LogP contribution in [0.15, 0.2) is 48.9 Å². The van der Waals surface area contributed by atoms with E-state index >= 15 is 0 Å². The molecular formula is C19H20N4O4. The minimum Gasteiger partial charge on any atom is -0.497 e. The van der Waals surface area contributed by atoms with E-state index in [1.165, 1.54) is 12.3 Å². The van der Waals surface area contributed by atoms with Crippen LogP contribution in [0.5, 0.6) is 11.5 Å². The van der Waals surface area contributed by atoms with Crippen molar-refractivity contribution in [2.45, 2.75) is 6.04 Å². The predicted molar refractivity (Wildman–Crippen MR) is 99.4 cm³/mol. The van der Waals surface area contributed by atoms with Crippen LogP contribution in [-0.4, -0.2) is 39.8 Å². The summed E-state index contributed by atoms with van der Waals surface area (Å²) in [6, 6.07) is 8.07. The zero-order chi connectivity index (χ0) is 19.4. The molecule has 0 spiro atoms. The van der Waals surface area contributed by atoms with E-state index in [1.807, 2.05) is 29.9 Å². The van der Waals surface area contributed by atoms with E-state index in [4.69, 9.17) is 9.47 Å². The van der Waals surface area contributed by atoms with Crippen molar-refractivity contribution in [3.05, 3.63) is 65.9 Å². The van der Waals surface area contributed by atoms with E-state index in [2.05, 4.69) is 15.3 Å². The van der Waals surface area contributed by atoms with Crippen molar-refractivity contribution < 1.29 is 19.4 Å². The second-order valence-corrected chi connectivity index (χ2v) is 5.82. The van der Waals surface area contributed by atoms with E-state index in [0.29, 0.717) is 17.3 Å². The Morgan fingerprint density at radius 2 is 1.85 bits per heavy atom. The third-order valence-electron chi connectivity index (χ3n) is 4.14. The highest BCUT2D eigenvalue weighted by atomic mass is 16.5. The molecule has 8 heteroatoms. The van der Waals surface area contributed by atoms with Gasteiger partial charge in [0.1, 0.15) is 34.7 Å². The number of hydrogen-bond donors (Lipinski definition) is 2. The topological polar surface area (TPSA) is 98.5 Å². The summed E-state index contributed by atoms with van der Waals surface area (Å²) in [7, 11) is 5.01. The quantitative estimate of drug-likeness (QED) is 0.661. The number of aromatic nitrogens is 3. The number of carboxylic acid groups (broad SMARTS) is 1. The van der Waals surface area contributed by atoms with Crippen molar-refractivity contribution in [3.8, 4) is 11.5 Å². The Labute approximate surface area is 156 Å².